The third kappa shape index (κ3) is 6.85. The maximum atomic E-state index is 13.3. The van der Waals surface area contributed by atoms with Gasteiger partial charge in [-0.3, -0.25) is 9.59 Å². The van der Waals surface area contributed by atoms with E-state index >= 15 is 0 Å². The zero-order valence-corrected chi connectivity index (χ0v) is 23.0. The van der Waals surface area contributed by atoms with Crippen molar-refractivity contribution in [2.24, 2.45) is 0 Å². The Morgan fingerprint density at radius 1 is 1.02 bits per heavy atom. The van der Waals surface area contributed by atoms with Crippen molar-refractivity contribution >= 4 is 17.8 Å². The van der Waals surface area contributed by atoms with Crippen molar-refractivity contribution in [1.29, 1.82) is 0 Å². The van der Waals surface area contributed by atoms with E-state index < -0.39 is 23.6 Å². The maximum Gasteiger partial charge on any atom is 0.416 e. The van der Waals surface area contributed by atoms with Crippen LogP contribution in [0.3, 0.4) is 0 Å². The largest absolute Gasteiger partial charge is 0.463 e. The smallest absolute Gasteiger partial charge is 0.416 e. The van der Waals surface area contributed by atoms with E-state index in [1.807, 2.05) is 37.3 Å². The number of carbonyl (C=O) groups is 3. The van der Waals surface area contributed by atoms with Crippen LogP contribution in [0.2, 0.25) is 0 Å². The first-order chi connectivity index (χ1) is 19.5. The number of esters is 1. The molecular formula is C32H31F3N2O4. The van der Waals surface area contributed by atoms with Crippen LogP contribution in [0.1, 0.15) is 71.8 Å². The summed E-state index contributed by atoms with van der Waals surface area (Å²) in [5.74, 6) is -1.95. The fraction of sp³-hybridized carbons (Fsp3) is 0.281. The summed E-state index contributed by atoms with van der Waals surface area (Å²) in [6, 6.07) is 20.7. The predicted octanol–water partition coefficient (Wildman–Crippen LogP) is 6.55. The average molecular weight is 565 g/mol. The highest BCUT2D eigenvalue weighted by molar-refractivity contribution is 5.96. The van der Waals surface area contributed by atoms with Crippen LogP contribution in [-0.4, -0.2) is 29.3 Å². The third-order valence-electron chi connectivity index (χ3n) is 7.14. The van der Waals surface area contributed by atoms with Gasteiger partial charge in [0.25, 0.3) is 5.91 Å². The van der Waals surface area contributed by atoms with E-state index in [4.69, 9.17) is 4.74 Å². The van der Waals surface area contributed by atoms with Crippen molar-refractivity contribution < 1.29 is 32.3 Å². The standard InChI is InChI=1S/C32H31F3N2O4/c1-4-41-31(40)29-21(3)37(28(38)18-27(29)24-13-15-26(16-14-24)32(33,34)35)19-22-9-8-12-25(17-22)30(39)36-20(2)23-10-6-5-7-11-23/h5-17,20,27H,4,18-19H2,1-3H3,(H,36,39). The molecule has 0 fully saturated rings. The van der Waals surface area contributed by atoms with Crippen LogP contribution in [0.25, 0.3) is 0 Å². The van der Waals surface area contributed by atoms with Crippen LogP contribution < -0.4 is 5.32 Å². The molecule has 0 saturated carbocycles. The van der Waals surface area contributed by atoms with Crippen molar-refractivity contribution in [3.05, 3.63) is 118 Å². The monoisotopic (exact) mass is 564 g/mol. The molecule has 2 unspecified atom stereocenters. The summed E-state index contributed by atoms with van der Waals surface area (Å²) >= 11 is 0. The SMILES string of the molecule is CCOC(=O)C1=C(C)N(Cc2cccc(C(=O)NC(C)c3ccccc3)c2)C(=O)CC1c1ccc(C(F)(F)F)cc1. The summed E-state index contributed by atoms with van der Waals surface area (Å²) in [5.41, 5.74) is 2.24. The van der Waals surface area contributed by atoms with Gasteiger partial charge in [-0.2, -0.15) is 13.2 Å². The number of carbonyl (C=O) groups excluding carboxylic acids is 3. The number of alkyl halides is 3. The molecule has 4 rings (SSSR count). The van der Waals surface area contributed by atoms with Crippen LogP contribution in [0.4, 0.5) is 13.2 Å². The number of nitrogens with zero attached hydrogens (tertiary/aromatic N) is 1. The Balaban J connectivity index is 1.59. The Bertz CT molecular complexity index is 1450. The molecular weight excluding hydrogens is 533 g/mol. The van der Waals surface area contributed by atoms with Crippen LogP contribution in [0.5, 0.6) is 0 Å². The van der Waals surface area contributed by atoms with Crippen LogP contribution in [-0.2, 0) is 27.0 Å². The minimum atomic E-state index is -4.50. The first kappa shape index (κ1) is 29.6. The number of rotatable bonds is 8. The Morgan fingerprint density at radius 2 is 1.71 bits per heavy atom. The fourth-order valence-electron chi connectivity index (χ4n) is 4.96. The highest BCUT2D eigenvalue weighted by Crippen LogP contribution is 2.39. The summed E-state index contributed by atoms with van der Waals surface area (Å²) in [7, 11) is 0. The van der Waals surface area contributed by atoms with Gasteiger partial charge in [-0.1, -0.05) is 54.6 Å². The van der Waals surface area contributed by atoms with Crippen molar-refractivity contribution in [2.45, 2.75) is 51.9 Å². The Hall–Kier alpha value is -4.40. The summed E-state index contributed by atoms with van der Waals surface area (Å²) in [6.07, 6.45) is -4.62. The van der Waals surface area contributed by atoms with Gasteiger partial charge >= 0.3 is 12.1 Å². The number of allylic oxidation sites excluding steroid dienone is 1. The Labute approximate surface area is 236 Å². The lowest BCUT2D eigenvalue weighted by Crippen LogP contribution is -2.38. The number of amides is 2. The first-order valence-electron chi connectivity index (χ1n) is 13.3. The second-order valence-corrected chi connectivity index (χ2v) is 9.88. The second-order valence-electron chi connectivity index (χ2n) is 9.88. The highest BCUT2D eigenvalue weighted by Gasteiger charge is 2.37. The molecule has 0 radical (unpaired) electrons. The van der Waals surface area contributed by atoms with Gasteiger partial charge in [-0.15, -0.1) is 0 Å². The van der Waals surface area contributed by atoms with Gasteiger partial charge in [0.15, 0.2) is 0 Å². The van der Waals surface area contributed by atoms with Gasteiger partial charge in [0.05, 0.1) is 30.3 Å². The molecule has 2 amide bonds. The van der Waals surface area contributed by atoms with E-state index in [1.54, 1.807) is 38.1 Å². The van der Waals surface area contributed by atoms with Crippen LogP contribution in [0.15, 0.2) is 90.1 Å². The topological polar surface area (TPSA) is 75.7 Å². The molecule has 0 aromatic heterocycles. The molecule has 0 spiro atoms. The number of nitrogens with one attached hydrogen (secondary N) is 1. The van der Waals surface area contributed by atoms with E-state index in [0.717, 1.165) is 17.7 Å². The molecule has 1 aliphatic rings. The minimum Gasteiger partial charge on any atom is -0.463 e. The van der Waals surface area contributed by atoms with E-state index in [0.29, 0.717) is 22.4 Å². The molecule has 1 aliphatic heterocycles. The van der Waals surface area contributed by atoms with Crippen LogP contribution >= 0.6 is 0 Å². The normalized spacial score (nSPS) is 16.4. The molecule has 41 heavy (non-hydrogen) atoms. The zero-order chi connectivity index (χ0) is 29.7. The maximum absolute atomic E-state index is 13.3. The van der Waals surface area contributed by atoms with Gasteiger partial charge in [-0.25, -0.2) is 4.79 Å². The lowest BCUT2D eigenvalue weighted by atomic mass is 9.83. The molecule has 3 aromatic carbocycles. The van der Waals surface area contributed by atoms with Crippen LogP contribution in [0, 0.1) is 0 Å². The summed E-state index contributed by atoms with van der Waals surface area (Å²) in [6.45, 7) is 5.37. The van der Waals surface area contributed by atoms with Gasteiger partial charge in [0, 0.05) is 23.6 Å². The Kier molecular flexibility index (Phi) is 8.95. The van der Waals surface area contributed by atoms with Crippen molar-refractivity contribution in [1.82, 2.24) is 10.2 Å². The molecule has 0 aliphatic carbocycles. The van der Waals surface area contributed by atoms with E-state index in [1.165, 1.54) is 17.0 Å². The van der Waals surface area contributed by atoms with Gasteiger partial charge in [0.2, 0.25) is 5.91 Å². The third-order valence-corrected chi connectivity index (χ3v) is 7.14. The van der Waals surface area contributed by atoms with E-state index in [-0.39, 0.29) is 43.0 Å². The average Bonchev–Trinajstić information content (AvgIpc) is 2.95. The van der Waals surface area contributed by atoms with Crippen molar-refractivity contribution in [2.75, 3.05) is 6.61 Å². The molecule has 9 heteroatoms. The fourth-order valence-corrected chi connectivity index (χ4v) is 4.96. The van der Waals surface area contributed by atoms with E-state index in [2.05, 4.69) is 5.32 Å². The number of benzene rings is 3. The van der Waals surface area contributed by atoms with Gasteiger partial charge in [-0.05, 0) is 61.7 Å². The molecule has 0 bridgehead atoms. The molecule has 3 aromatic rings. The molecule has 214 valence electrons. The summed E-state index contributed by atoms with van der Waals surface area (Å²) in [4.78, 5) is 40.8. The zero-order valence-electron chi connectivity index (χ0n) is 23.0. The molecule has 0 saturated heterocycles. The predicted molar refractivity (Wildman–Crippen MR) is 147 cm³/mol. The number of halogens is 3. The molecule has 1 heterocycles. The number of hydrogen-bond acceptors (Lipinski definition) is 4. The molecule has 1 N–H and O–H groups in total. The summed E-state index contributed by atoms with van der Waals surface area (Å²) in [5, 5.41) is 2.97. The number of ether oxygens (including phenoxy) is 1. The van der Waals surface area contributed by atoms with Crippen molar-refractivity contribution in [3.63, 3.8) is 0 Å². The lowest BCUT2D eigenvalue weighted by molar-refractivity contribution is -0.140. The first-order valence-corrected chi connectivity index (χ1v) is 13.3. The van der Waals surface area contributed by atoms with Gasteiger partial charge in [0.1, 0.15) is 0 Å². The van der Waals surface area contributed by atoms with E-state index in [9.17, 15) is 27.6 Å². The molecule has 6 nitrogen and oxygen atoms in total. The lowest BCUT2D eigenvalue weighted by Gasteiger charge is -2.34. The Morgan fingerprint density at radius 3 is 2.34 bits per heavy atom. The second kappa shape index (κ2) is 12.4. The minimum absolute atomic E-state index is 0.0991. The van der Waals surface area contributed by atoms with Gasteiger partial charge < -0.3 is 15.0 Å². The number of hydrogen-bond donors (Lipinski definition) is 1. The quantitative estimate of drug-likeness (QED) is 0.315. The highest BCUT2D eigenvalue weighted by atomic mass is 19.4. The summed E-state index contributed by atoms with van der Waals surface area (Å²) < 4.78 is 44.6. The molecule has 2 atom stereocenters. The van der Waals surface area contributed by atoms with Crippen molar-refractivity contribution in [3.8, 4) is 0 Å².